The first kappa shape index (κ1) is 13.0. The maximum Gasteiger partial charge on any atom is 0.338 e. The van der Waals surface area contributed by atoms with Crippen molar-refractivity contribution >= 4 is 23.5 Å². The van der Waals surface area contributed by atoms with E-state index in [1.54, 1.807) is 6.07 Å². The number of hydrogen-bond donors (Lipinski definition) is 2. The van der Waals surface area contributed by atoms with Crippen molar-refractivity contribution in [1.29, 1.82) is 0 Å². The van der Waals surface area contributed by atoms with Gasteiger partial charge >= 0.3 is 5.97 Å². The third-order valence-corrected chi connectivity index (χ3v) is 2.78. The number of carboxylic acid groups (broad SMARTS) is 1. The highest BCUT2D eigenvalue weighted by Crippen LogP contribution is 2.19. The number of hydrogen-bond acceptors (Lipinski definition) is 5. The number of ether oxygens (including phenoxy) is 1. The van der Waals surface area contributed by atoms with Crippen LogP contribution in [0.25, 0.3) is 0 Å². The SMILES string of the molecule is Nc1cccc(CN2C(=O)COCC2=O)c1C(=O)O. The number of nitrogen functional groups attached to an aromatic ring is 1. The molecule has 1 aromatic carbocycles. The van der Waals surface area contributed by atoms with Crippen molar-refractivity contribution in [2.24, 2.45) is 0 Å². The maximum atomic E-state index is 11.6. The van der Waals surface area contributed by atoms with Gasteiger partial charge in [0.2, 0.25) is 0 Å². The average Bonchev–Trinajstić information content (AvgIpc) is 2.33. The summed E-state index contributed by atoms with van der Waals surface area (Å²) < 4.78 is 4.78. The smallest absolute Gasteiger partial charge is 0.338 e. The fraction of sp³-hybridized carbons (Fsp3) is 0.250. The molecule has 0 unspecified atom stereocenters. The molecule has 1 aromatic rings. The zero-order valence-electron chi connectivity index (χ0n) is 9.96. The Hall–Kier alpha value is -2.41. The maximum absolute atomic E-state index is 11.6. The van der Waals surface area contributed by atoms with Crippen LogP contribution in [0.5, 0.6) is 0 Å². The van der Waals surface area contributed by atoms with E-state index in [0.717, 1.165) is 4.90 Å². The number of anilines is 1. The molecule has 100 valence electrons. The minimum Gasteiger partial charge on any atom is -0.478 e. The Morgan fingerprint density at radius 2 is 1.95 bits per heavy atom. The first-order valence-electron chi connectivity index (χ1n) is 5.52. The van der Waals surface area contributed by atoms with Crippen molar-refractivity contribution in [2.45, 2.75) is 6.54 Å². The van der Waals surface area contributed by atoms with Crippen LogP contribution in [0.1, 0.15) is 15.9 Å². The van der Waals surface area contributed by atoms with Gasteiger partial charge < -0.3 is 15.6 Å². The predicted octanol–water partition coefficient (Wildman–Crippen LogP) is -0.148. The van der Waals surface area contributed by atoms with Crippen molar-refractivity contribution in [3.8, 4) is 0 Å². The first-order chi connectivity index (χ1) is 9.00. The van der Waals surface area contributed by atoms with E-state index in [0.29, 0.717) is 5.56 Å². The molecule has 19 heavy (non-hydrogen) atoms. The van der Waals surface area contributed by atoms with Gasteiger partial charge in [0.15, 0.2) is 0 Å². The van der Waals surface area contributed by atoms with Crippen LogP contribution in [0.4, 0.5) is 5.69 Å². The minimum atomic E-state index is -1.19. The number of benzene rings is 1. The molecule has 7 nitrogen and oxygen atoms in total. The van der Waals surface area contributed by atoms with E-state index in [2.05, 4.69) is 0 Å². The number of morpholine rings is 1. The van der Waals surface area contributed by atoms with Crippen LogP contribution in [0.2, 0.25) is 0 Å². The summed E-state index contributed by atoms with van der Waals surface area (Å²) in [5.41, 5.74) is 5.93. The van der Waals surface area contributed by atoms with Crippen molar-refractivity contribution in [3.05, 3.63) is 29.3 Å². The molecule has 3 N–H and O–H groups in total. The van der Waals surface area contributed by atoms with Gasteiger partial charge in [-0.2, -0.15) is 0 Å². The molecule has 0 radical (unpaired) electrons. The lowest BCUT2D eigenvalue weighted by Gasteiger charge is -2.25. The molecular weight excluding hydrogens is 252 g/mol. The van der Waals surface area contributed by atoms with Gasteiger partial charge in [0, 0.05) is 5.69 Å². The molecule has 0 aliphatic carbocycles. The Labute approximate surface area is 108 Å². The van der Waals surface area contributed by atoms with E-state index < -0.39 is 17.8 Å². The summed E-state index contributed by atoms with van der Waals surface area (Å²) in [6.45, 7) is -0.485. The second-order valence-electron chi connectivity index (χ2n) is 4.05. The van der Waals surface area contributed by atoms with Gasteiger partial charge in [-0.25, -0.2) is 4.79 Å². The minimum absolute atomic E-state index is 0.0883. The lowest BCUT2D eigenvalue weighted by Crippen LogP contribution is -2.45. The van der Waals surface area contributed by atoms with E-state index in [1.807, 2.05) is 0 Å². The Morgan fingerprint density at radius 1 is 1.32 bits per heavy atom. The number of imide groups is 1. The van der Waals surface area contributed by atoms with Gasteiger partial charge in [0.1, 0.15) is 13.2 Å². The summed E-state index contributed by atoms with van der Waals surface area (Å²) in [5.74, 6) is -2.17. The van der Waals surface area contributed by atoms with Crippen molar-refractivity contribution < 1.29 is 24.2 Å². The van der Waals surface area contributed by atoms with E-state index in [1.165, 1.54) is 12.1 Å². The second-order valence-corrected chi connectivity index (χ2v) is 4.05. The number of amides is 2. The molecule has 1 saturated heterocycles. The second kappa shape index (κ2) is 5.07. The Balaban J connectivity index is 2.33. The van der Waals surface area contributed by atoms with Crippen molar-refractivity contribution in [1.82, 2.24) is 4.90 Å². The third kappa shape index (κ3) is 2.55. The van der Waals surface area contributed by atoms with Crippen LogP contribution in [-0.2, 0) is 20.9 Å². The van der Waals surface area contributed by atoms with Gasteiger partial charge in [-0.05, 0) is 11.6 Å². The predicted molar refractivity (Wildman–Crippen MR) is 64.2 cm³/mol. The summed E-state index contributed by atoms with van der Waals surface area (Å²) in [7, 11) is 0. The molecule has 1 aliphatic rings. The molecule has 1 aliphatic heterocycles. The zero-order chi connectivity index (χ0) is 14.0. The summed E-state index contributed by atoms with van der Waals surface area (Å²) in [6, 6.07) is 4.55. The average molecular weight is 264 g/mol. The Morgan fingerprint density at radius 3 is 2.53 bits per heavy atom. The number of aromatic carboxylic acids is 1. The van der Waals surface area contributed by atoms with E-state index >= 15 is 0 Å². The third-order valence-electron chi connectivity index (χ3n) is 2.78. The van der Waals surface area contributed by atoms with E-state index in [9.17, 15) is 14.4 Å². The monoisotopic (exact) mass is 264 g/mol. The fourth-order valence-electron chi connectivity index (χ4n) is 1.88. The topological polar surface area (TPSA) is 110 Å². The summed E-state index contributed by atoms with van der Waals surface area (Å²) in [5, 5.41) is 9.11. The standard InChI is InChI=1S/C12H12N2O5/c13-8-3-1-2-7(11(8)12(17)18)4-14-9(15)5-19-6-10(14)16/h1-3H,4-6,13H2,(H,17,18). The highest BCUT2D eigenvalue weighted by atomic mass is 16.5. The fourth-order valence-corrected chi connectivity index (χ4v) is 1.88. The lowest BCUT2D eigenvalue weighted by atomic mass is 10.0. The molecule has 0 aromatic heterocycles. The molecule has 2 rings (SSSR count). The van der Waals surface area contributed by atoms with Crippen molar-refractivity contribution in [3.63, 3.8) is 0 Å². The van der Waals surface area contributed by atoms with E-state index in [4.69, 9.17) is 15.6 Å². The van der Waals surface area contributed by atoms with Crippen LogP contribution in [0.3, 0.4) is 0 Å². The van der Waals surface area contributed by atoms with Crippen LogP contribution in [0, 0.1) is 0 Å². The van der Waals surface area contributed by atoms with Crippen LogP contribution < -0.4 is 5.73 Å². The number of nitrogens with two attached hydrogens (primary N) is 1. The van der Waals surface area contributed by atoms with E-state index in [-0.39, 0.29) is 31.0 Å². The Kier molecular flexibility index (Phi) is 3.48. The molecule has 0 spiro atoms. The van der Waals surface area contributed by atoms with Gasteiger partial charge in [-0.3, -0.25) is 14.5 Å². The lowest BCUT2D eigenvalue weighted by molar-refractivity contribution is -0.159. The molecule has 0 atom stereocenters. The van der Waals surface area contributed by atoms with Crippen LogP contribution >= 0.6 is 0 Å². The molecule has 0 saturated carbocycles. The molecule has 7 heteroatoms. The van der Waals surface area contributed by atoms with Gasteiger partial charge in [-0.1, -0.05) is 12.1 Å². The summed E-state index contributed by atoms with van der Waals surface area (Å²) in [4.78, 5) is 35.3. The quantitative estimate of drug-likeness (QED) is 0.580. The highest BCUT2D eigenvalue weighted by molar-refractivity contribution is 5.99. The normalized spacial score (nSPS) is 15.7. The van der Waals surface area contributed by atoms with Crippen LogP contribution in [-0.4, -0.2) is 41.0 Å². The number of carbonyl (C=O) groups excluding carboxylic acids is 2. The van der Waals surface area contributed by atoms with Crippen molar-refractivity contribution in [2.75, 3.05) is 18.9 Å². The van der Waals surface area contributed by atoms with Gasteiger partial charge in [0.05, 0.1) is 12.1 Å². The highest BCUT2D eigenvalue weighted by Gasteiger charge is 2.28. The molecule has 0 bridgehead atoms. The first-order valence-corrected chi connectivity index (χ1v) is 5.52. The van der Waals surface area contributed by atoms with Gasteiger partial charge in [-0.15, -0.1) is 0 Å². The zero-order valence-corrected chi connectivity index (χ0v) is 9.96. The number of nitrogens with zero attached hydrogens (tertiary/aromatic N) is 1. The van der Waals surface area contributed by atoms with Gasteiger partial charge in [0.25, 0.3) is 11.8 Å². The number of carboxylic acids is 1. The molecule has 1 fully saturated rings. The van der Waals surface area contributed by atoms with Crippen LogP contribution in [0.15, 0.2) is 18.2 Å². The molecule has 2 amide bonds. The summed E-state index contributed by atoms with van der Waals surface area (Å²) >= 11 is 0. The number of carbonyl (C=O) groups is 3. The largest absolute Gasteiger partial charge is 0.478 e. The summed E-state index contributed by atoms with van der Waals surface area (Å²) in [6.07, 6.45) is 0. The number of rotatable bonds is 3. The molecular formula is C12H12N2O5. The molecule has 1 heterocycles. The Bertz CT molecular complexity index is 539.